The number of halogens is 3. The lowest BCUT2D eigenvalue weighted by molar-refractivity contribution is -0.137. The largest absolute Gasteiger partial charge is 0.436 e. The monoisotopic (exact) mass is 309 g/mol. The molecule has 1 aliphatic heterocycles. The number of hydrogen-bond acceptors (Lipinski definition) is 5. The number of ether oxygens (including phenoxy) is 1. The molecular weight excluding hydrogens is 299 g/mol. The Balaban J connectivity index is 1.64. The number of rotatable bonds is 2. The average Bonchev–Trinajstić information content (AvgIpc) is 2.96. The van der Waals surface area contributed by atoms with E-state index in [4.69, 9.17) is 9.57 Å². The summed E-state index contributed by atoms with van der Waals surface area (Å²) in [5.74, 6) is 0.734. The van der Waals surface area contributed by atoms with Crippen molar-refractivity contribution in [2.45, 2.75) is 18.7 Å². The van der Waals surface area contributed by atoms with Gasteiger partial charge in [-0.2, -0.15) is 13.2 Å². The standard InChI is InChI=1S/C14H10F3N3O2/c15-14(16,17)10-3-1-9(2-4-10)12-5-13(20-22-12)21-11-6-18-8-19-7-11/h1-4,6-8,12H,5H2. The van der Waals surface area contributed by atoms with Crippen molar-refractivity contribution in [2.75, 3.05) is 0 Å². The van der Waals surface area contributed by atoms with Gasteiger partial charge in [-0.05, 0) is 17.7 Å². The fourth-order valence-corrected chi connectivity index (χ4v) is 1.96. The van der Waals surface area contributed by atoms with Crippen molar-refractivity contribution in [1.29, 1.82) is 0 Å². The molecule has 2 heterocycles. The van der Waals surface area contributed by atoms with Crippen LogP contribution in [0, 0.1) is 0 Å². The van der Waals surface area contributed by atoms with Gasteiger partial charge in [0.15, 0.2) is 11.9 Å². The van der Waals surface area contributed by atoms with Crippen molar-refractivity contribution in [3.05, 3.63) is 54.1 Å². The Bertz CT molecular complexity index is 672. The molecule has 5 nitrogen and oxygen atoms in total. The van der Waals surface area contributed by atoms with Crippen molar-refractivity contribution in [1.82, 2.24) is 9.97 Å². The summed E-state index contributed by atoms with van der Waals surface area (Å²) in [6, 6.07) is 4.78. The van der Waals surface area contributed by atoms with Gasteiger partial charge in [0, 0.05) is 0 Å². The van der Waals surface area contributed by atoms with Gasteiger partial charge in [-0.3, -0.25) is 0 Å². The first-order valence-electron chi connectivity index (χ1n) is 6.35. The maximum absolute atomic E-state index is 12.5. The van der Waals surface area contributed by atoms with Crippen LogP contribution in [0.5, 0.6) is 5.75 Å². The fourth-order valence-electron chi connectivity index (χ4n) is 1.96. The summed E-state index contributed by atoms with van der Waals surface area (Å²) in [4.78, 5) is 12.8. The molecule has 0 saturated carbocycles. The first-order valence-corrected chi connectivity index (χ1v) is 6.35. The summed E-state index contributed by atoms with van der Waals surface area (Å²) in [6.45, 7) is 0. The molecule has 0 N–H and O–H groups in total. The SMILES string of the molecule is FC(F)(F)c1ccc(C2CC(Oc3cncnc3)=NO2)cc1. The van der Waals surface area contributed by atoms with Gasteiger partial charge in [0.2, 0.25) is 5.90 Å². The van der Waals surface area contributed by atoms with Gasteiger partial charge in [0.1, 0.15) is 6.33 Å². The number of aromatic nitrogens is 2. The molecule has 114 valence electrons. The summed E-state index contributed by atoms with van der Waals surface area (Å²) in [6.07, 6.45) is -0.193. The van der Waals surface area contributed by atoms with Crippen molar-refractivity contribution >= 4 is 5.90 Å². The smallest absolute Gasteiger partial charge is 0.416 e. The Kier molecular flexibility index (Phi) is 3.66. The molecular formula is C14H10F3N3O2. The molecule has 0 aliphatic carbocycles. The predicted molar refractivity (Wildman–Crippen MR) is 70.0 cm³/mol. The molecule has 1 aromatic carbocycles. The van der Waals surface area contributed by atoms with E-state index < -0.39 is 17.8 Å². The van der Waals surface area contributed by atoms with Gasteiger partial charge in [0.05, 0.1) is 24.4 Å². The topological polar surface area (TPSA) is 56.6 Å². The van der Waals surface area contributed by atoms with E-state index in [2.05, 4.69) is 15.1 Å². The van der Waals surface area contributed by atoms with Gasteiger partial charge < -0.3 is 9.57 Å². The molecule has 0 amide bonds. The van der Waals surface area contributed by atoms with Crippen LogP contribution in [0.3, 0.4) is 0 Å². The second kappa shape index (κ2) is 5.63. The molecule has 0 radical (unpaired) electrons. The number of benzene rings is 1. The van der Waals surface area contributed by atoms with Gasteiger partial charge >= 0.3 is 6.18 Å². The molecule has 0 spiro atoms. The molecule has 3 rings (SSSR count). The van der Waals surface area contributed by atoms with Crippen LogP contribution in [0.1, 0.15) is 23.7 Å². The minimum absolute atomic E-state index is 0.319. The van der Waals surface area contributed by atoms with E-state index in [0.717, 1.165) is 12.1 Å². The van der Waals surface area contributed by atoms with E-state index >= 15 is 0 Å². The lowest BCUT2D eigenvalue weighted by Gasteiger charge is -2.10. The molecule has 2 aromatic rings. The van der Waals surface area contributed by atoms with E-state index in [1.165, 1.54) is 30.9 Å². The third-order valence-electron chi connectivity index (χ3n) is 3.02. The summed E-state index contributed by atoms with van der Waals surface area (Å²) < 4.78 is 43.0. The van der Waals surface area contributed by atoms with Crippen LogP contribution < -0.4 is 4.74 Å². The number of hydrogen-bond donors (Lipinski definition) is 0. The van der Waals surface area contributed by atoms with E-state index in [0.29, 0.717) is 23.6 Å². The Labute approximate surface area is 123 Å². The van der Waals surface area contributed by atoms with E-state index in [9.17, 15) is 13.2 Å². The average molecular weight is 309 g/mol. The highest BCUT2D eigenvalue weighted by Gasteiger charge is 2.31. The summed E-state index contributed by atoms with van der Waals surface area (Å²) in [7, 11) is 0. The zero-order valence-electron chi connectivity index (χ0n) is 11.1. The maximum atomic E-state index is 12.5. The van der Waals surface area contributed by atoms with E-state index in [-0.39, 0.29) is 0 Å². The summed E-state index contributed by atoms with van der Waals surface area (Å²) in [5, 5.41) is 3.78. The Morgan fingerprint density at radius 3 is 2.41 bits per heavy atom. The van der Waals surface area contributed by atoms with Crippen LogP contribution in [0.15, 0.2) is 48.1 Å². The molecule has 1 unspecified atom stereocenters. The Morgan fingerprint density at radius 1 is 1.09 bits per heavy atom. The van der Waals surface area contributed by atoms with Crippen LogP contribution in [-0.4, -0.2) is 15.9 Å². The highest BCUT2D eigenvalue weighted by Crippen LogP contribution is 2.32. The number of alkyl halides is 3. The highest BCUT2D eigenvalue weighted by molar-refractivity contribution is 5.79. The van der Waals surface area contributed by atoms with Crippen LogP contribution in [0.25, 0.3) is 0 Å². The lowest BCUT2D eigenvalue weighted by Crippen LogP contribution is -2.08. The zero-order valence-corrected chi connectivity index (χ0v) is 11.1. The fraction of sp³-hybridized carbons (Fsp3) is 0.214. The van der Waals surface area contributed by atoms with E-state index in [1.807, 2.05) is 0 Å². The van der Waals surface area contributed by atoms with Crippen LogP contribution >= 0.6 is 0 Å². The summed E-state index contributed by atoms with van der Waals surface area (Å²) >= 11 is 0. The van der Waals surface area contributed by atoms with Crippen molar-refractivity contribution in [2.24, 2.45) is 5.16 Å². The van der Waals surface area contributed by atoms with Crippen molar-refractivity contribution in [3.63, 3.8) is 0 Å². The van der Waals surface area contributed by atoms with Crippen LogP contribution in [0.4, 0.5) is 13.2 Å². The van der Waals surface area contributed by atoms with E-state index in [1.54, 1.807) is 0 Å². The summed E-state index contributed by atoms with van der Waals surface area (Å²) in [5.41, 5.74) is -0.104. The minimum atomic E-state index is -4.35. The lowest BCUT2D eigenvalue weighted by atomic mass is 10.0. The molecule has 22 heavy (non-hydrogen) atoms. The predicted octanol–water partition coefficient (Wildman–Crippen LogP) is 3.35. The third-order valence-corrected chi connectivity index (χ3v) is 3.02. The maximum Gasteiger partial charge on any atom is 0.416 e. The van der Waals surface area contributed by atoms with Gasteiger partial charge in [-0.25, -0.2) is 9.97 Å². The van der Waals surface area contributed by atoms with Gasteiger partial charge in [0.25, 0.3) is 0 Å². The number of nitrogens with zero attached hydrogens (tertiary/aromatic N) is 3. The van der Waals surface area contributed by atoms with Crippen molar-refractivity contribution < 1.29 is 22.7 Å². The minimum Gasteiger partial charge on any atom is -0.436 e. The van der Waals surface area contributed by atoms with Crippen molar-refractivity contribution in [3.8, 4) is 5.75 Å². The van der Waals surface area contributed by atoms with Gasteiger partial charge in [-0.15, -0.1) is 0 Å². The molecule has 0 fully saturated rings. The molecule has 1 aliphatic rings. The molecule has 1 aromatic heterocycles. The molecule has 8 heteroatoms. The second-order valence-corrected chi connectivity index (χ2v) is 4.58. The highest BCUT2D eigenvalue weighted by atomic mass is 19.4. The quantitative estimate of drug-likeness (QED) is 0.853. The molecule has 0 saturated heterocycles. The van der Waals surface area contributed by atoms with Crippen LogP contribution in [-0.2, 0) is 11.0 Å². The third kappa shape index (κ3) is 3.16. The van der Waals surface area contributed by atoms with Gasteiger partial charge in [-0.1, -0.05) is 17.3 Å². The Morgan fingerprint density at radius 2 is 1.77 bits per heavy atom. The van der Waals surface area contributed by atoms with Crippen LogP contribution in [0.2, 0.25) is 0 Å². The second-order valence-electron chi connectivity index (χ2n) is 4.58. The zero-order chi connectivity index (χ0) is 15.6. The molecule has 1 atom stereocenters. The first kappa shape index (κ1) is 14.3. The first-order chi connectivity index (χ1) is 10.5. The number of oxime groups is 1. The normalized spacial score (nSPS) is 17.8. The Hall–Kier alpha value is -2.64. The molecule has 0 bridgehead atoms.